The molecule has 3 heteroatoms. The van der Waals surface area contributed by atoms with Crippen molar-refractivity contribution in [2.24, 2.45) is 5.92 Å². The Kier molecular flexibility index (Phi) is 4.61. The largest absolute Gasteiger partial charge is 0.311 e. The topological polar surface area (TPSA) is 15.3 Å². The predicted octanol–water partition coefficient (Wildman–Crippen LogP) is 2.21. The van der Waals surface area contributed by atoms with E-state index in [0.717, 1.165) is 24.1 Å². The number of hydrogen-bond donors (Lipinski definition) is 1. The first-order chi connectivity index (χ1) is 6.50. The van der Waals surface area contributed by atoms with Crippen molar-refractivity contribution in [3.63, 3.8) is 0 Å². The minimum absolute atomic E-state index is 0.610. The highest BCUT2D eigenvalue weighted by molar-refractivity contribution is 9.11. The highest BCUT2D eigenvalue weighted by Gasteiger charge is 2.26. The van der Waals surface area contributed by atoms with Crippen molar-refractivity contribution in [2.45, 2.75) is 32.9 Å². The van der Waals surface area contributed by atoms with Crippen molar-refractivity contribution in [3.8, 4) is 0 Å². The SMILES string of the molecule is C=C(Br)CN1CC(C(C)C)NCC1C. The highest BCUT2D eigenvalue weighted by Crippen LogP contribution is 2.15. The van der Waals surface area contributed by atoms with Crippen LogP contribution in [0.3, 0.4) is 0 Å². The van der Waals surface area contributed by atoms with Gasteiger partial charge in [0, 0.05) is 36.2 Å². The molecule has 0 aromatic heterocycles. The molecule has 1 heterocycles. The van der Waals surface area contributed by atoms with Crippen molar-refractivity contribution in [1.29, 1.82) is 0 Å². The Hall–Kier alpha value is 0.140. The van der Waals surface area contributed by atoms with Crippen LogP contribution in [0, 0.1) is 5.92 Å². The van der Waals surface area contributed by atoms with Crippen LogP contribution in [0.2, 0.25) is 0 Å². The zero-order valence-corrected chi connectivity index (χ0v) is 11.0. The Morgan fingerprint density at radius 3 is 2.79 bits per heavy atom. The molecule has 0 aromatic rings. The van der Waals surface area contributed by atoms with Crippen LogP contribution in [-0.4, -0.2) is 36.6 Å². The van der Waals surface area contributed by atoms with Gasteiger partial charge in [-0.1, -0.05) is 36.4 Å². The van der Waals surface area contributed by atoms with Crippen molar-refractivity contribution in [3.05, 3.63) is 11.1 Å². The fourth-order valence-corrected chi connectivity index (χ4v) is 2.16. The minimum atomic E-state index is 0.610. The van der Waals surface area contributed by atoms with Crippen molar-refractivity contribution >= 4 is 15.9 Å². The second kappa shape index (κ2) is 5.29. The molecule has 2 unspecified atom stereocenters. The van der Waals surface area contributed by atoms with E-state index >= 15 is 0 Å². The molecule has 0 spiro atoms. The summed E-state index contributed by atoms with van der Waals surface area (Å²) in [4.78, 5) is 2.48. The van der Waals surface area contributed by atoms with Crippen LogP contribution in [0.25, 0.3) is 0 Å². The average Bonchev–Trinajstić information content (AvgIpc) is 2.07. The van der Waals surface area contributed by atoms with E-state index in [4.69, 9.17) is 0 Å². The molecule has 0 aromatic carbocycles. The molecule has 14 heavy (non-hydrogen) atoms. The third kappa shape index (κ3) is 3.37. The van der Waals surface area contributed by atoms with E-state index in [1.54, 1.807) is 0 Å². The molecule has 0 radical (unpaired) electrons. The maximum Gasteiger partial charge on any atom is 0.0297 e. The van der Waals surface area contributed by atoms with Gasteiger partial charge < -0.3 is 5.32 Å². The molecule has 2 atom stereocenters. The van der Waals surface area contributed by atoms with Gasteiger partial charge in [-0.15, -0.1) is 0 Å². The number of halogens is 1. The van der Waals surface area contributed by atoms with Gasteiger partial charge >= 0.3 is 0 Å². The van der Waals surface area contributed by atoms with Gasteiger partial charge in [0.15, 0.2) is 0 Å². The van der Waals surface area contributed by atoms with Gasteiger partial charge in [-0.3, -0.25) is 4.90 Å². The summed E-state index contributed by atoms with van der Waals surface area (Å²) in [5.74, 6) is 0.702. The Morgan fingerprint density at radius 2 is 2.29 bits per heavy atom. The first kappa shape index (κ1) is 12.2. The maximum absolute atomic E-state index is 3.91. The third-order valence-electron chi connectivity index (χ3n) is 2.91. The lowest BCUT2D eigenvalue weighted by Gasteiger charge is -2.40. The Morgan fingerprint density at radius 1 is 1.64 bits per heavy atom. The van der Waals surface area contributed by atoms with Crippen LogP contribution >= 0.6 is 15.9 Å². The molecule has 1 fully saturated rings. The molecule has 1 aliphatic rings. The van der Waals surface area contributed by atoms with E-state index in [2.05, 4.69) is 53.5 Å². The van der Waals surface area contributed by atoms with E-state index in [1.807, 2.05) is 0 Å². The molecular weight excluding hydrogens is 240 g/mol. The molecule has 1 aliphatic heterocycles. The summed E-state index contributed by atoms with van der Waals surface area (Å²) in [6.45, 7) is 13.9. The van der Waals surface area contributed by atoms with Gasteiger partial charge in [0.2, 0.25) is 0 Å². The smallest absolute Gasteiger partial charge is 0.0297 e. The third-order valence-corrected chi connectivity index (χ3v) is 3.16. The summed E-state index contributed by atoms with van der Waals surface area (Å²) < 4.78 is 1.08. The van der Waals surface area contributed by atoms with Gasteiger partial charge in [0.25, 0.3) is 0 Å². The molecule has 1 rings (SSSR count). The molecule has 2 nitrogen and oxygen atoms in total. The second-order valence-corrected chi connectivity index (χ2v) is 5.68. The molecule has 82 valence electrons. The number of hydrogen-bond acceptors (Lipinski definition) is 2. The summed E-state index contributed by atoms with van der Waals surface area (Å²) in [6, 6.07) is 1.23. The summed E-state index contributed by atoms with van der Waals surface area (Å²) >= 11 is 3.44. The fourth-order valence-electron chi connectivity index (χ4n) is 1.84. The Bertz CT molecular complexity index is 203. The quantitative estimate of drug-likeness (QED) is 0.838. The molecule has 0 aliphatic carbocycles. The molecular formula is C11H21BrN2. The van der Waals surface area contributed by atoms with Crippen LogP contribution < -0.4 is 5.32 Å². The zero-order chi connectivity index (χ0) is 10.7. The van der Waals surface area contributed by atoms with E-state index in [9.17, 15) is 0 Å². The Labute approximate surface area is 95.9 Å². The summed E-state index contributed by atoms with van der Waals surface area (Å²) in [7, 11) is 0. The molecule has 1 N–H and O–H groups in total. The summed E-state index contributed by atoms with van der Waals surface area (Å²) in [6.07, 6.45) is 0. The fraction of sp³-hybridized carbons (Fsp3) is 0.818. The van der Waals surface area contributed by atoms with E-state index in [0.29, 0.717) is 18.0 Å². The van der Waals surface area contributed by atoms with Gasteiger partial charge in [0.1, 0.15) is 0 Å². The van der Waals surface area contributed by atoms with Gasteiger partial charge in [-0.2, -0.15) is 0 Å². The van der Waals surface area contributed by atoms with E-state index < -0.39 is 0 Å². The summed E-state index contributed by atoms with van der Waals surface area (Å²) in [5.41, 5.74) is 0. The molecule has 0 saturated carbocycles. The van der Waals surface area contributed by atoms with E-state index in [1.165, 1.54) is 0 Å². The number of rotatable bonds is 3. The first-order valence-electron chi connectivity index (χ1n) is 5.31. The lowest BCUT2D eigenvalue weighted by Crippen LogP contribution is -2.57. The monoisotopic (exact) mass is 260 g/mol. The van der Waals surface area contributed by atoms with Gasteiger partial charge in [-0.05, 0) is 12.8 Å². The van der Waals surface area contributed by atoms with Crippen LogP contribution in [0.4, 0.5) is 0 Å². The predicted molar refractivity (Wildman–Crippen MR) is 65.7 cm³/mol. The molecule has 1 saturated heterocycles. The van der Waals surface area contributed by atoms with Crippen molar-refractivity contribution < 1.29 is 0 Å². The lowest BCUT2D eigenvalue weighted by molar-refractivity contribution is 0.136. The first-order valence-corrected chi connectivity index (χ1v) is 6.10. The zero-order valence-electron chi connectivity index (χ0n) is 9.39. The van der Waals surface area contributed by atoms with Crippen molar-refractivity contribution in [1.82, 2.24) is 10.2 Å². The summed E-state index contributed by atoms with van der Waals surface area (Å²) in [5, 5.41) is 3.58. The Balaban J connectivity index is 2.50. The molecule has 0 amide bonds. The number of nitrogens with one attached hydrogen (secondary N) is 1. The minimum Gasteiger partial charge on any atom is -0.311 e. The second-order valence-electron chi connectivity index (χ2n) is 4.55. The number of piperazine rings is 1. The van der Waals surface area contributed by atoms with Crippen molar-refractivity contribution in [2.75, 3.05) is 19.6 Å². The van der Waals surface area contributed by atoms with Crippen LogP contribution in [0.1, 0.15) is 20.8 Å². The lowest BCUT2D eigenvalue weighted by atomic mass is 10.00. The normalized spacial score (nSPS) is 29.5. The molecule has 0 bridgehead atoms. The number of nitrogens with zero attached hydrogens (tertiary/aromatic N) is 1. The van der Waals surface area contributed by atoms with Crippen LogP contribution in [0.15, 0.2) is 11.1 Å². The highest BCUT2D eigenvalue weighted by atomic mass is 79.9. The van der Waals surface area contributed by atoms with E-state index in [-0.39, 0.29) is 0 Å². The standard InChI is InChI=1S/C11H21BrN2/c1-8(2)11-7-14(6-9(3)12)10(4)5-13-11/h8,10-11,13H,3,5-7H2,1-2,4H3. The average molecular weight is 261 g/mol. The van der Waals surface area contributed by atoms with Gasteiger partial charge in [0.05, 0.1) is 0 Å². The van der Waals surface area contributed by atoms with Crippen LogP contribution in [-0.2, 0) is 0 Å². The van der Waals surface area contributed by atoms with Gasteiger partial charge in [-0.25, -0.2) is 0 Å². The van der Waals surface area contributed by atoms with Crippen LogP contribution in [0.5, 0.6) is 0 Å². The maximum atomic E-state index is 3.91.